The summed E-state index contributed by atoms with van der Waals surface area (Å²) >= 11 is 3.35. The fraction of sp³-hybridized carbons (Fsp3) is 0. The maximum atomic E-state index is 13.0. The molecule has 0 aliphatic rings. The Balaban J connectivity index is 2.14. The lowest BCUT2D eigenvalue weighted by Crippen LogP contribution is -1.78. The number of aromatic nitrogens is 2. The number of pyridine rings is 1. The number of oxazole rings is 1. The van der Waals surface area contributed by atoms with Gasteiger partial charge < -0.3 is 4.42 Å². The van der Waals surface area contributed by atoms with Crippen LogP contribution in [0.4, 0.5) is 4.39 Å². The van der Waals surface area contributed by atoms with Gasteiger partial charge in [-0.2, -0.15) is 0 Å². The van der Waals surface area contributed by atoms with Crippen LogP contribution in [0.15, 0.2) is 45.4 Å². The Morgan fingerprint density at radius 1 is 1.18 bits per heavy atom. The van der Waals surface area contributed by atoms with Gasteiger partial charge in [0.05, 0.1) is 6.20 Å². The van der Waals surface area contributed by atoms with Crippen LogP contribution in [0.25, 0.3) is 22.7 Å². The van der Waals surface area contributed by atoms with Gasteiger partial charge in [0.15, 0.2) is 0 Å². The standard InChI is InChI=1S/C12H6BrFN2O/c13-8-3-1-7(2-4-8)11-16-10-5-9(14)6-15-12(10)17-11/h1-6H. The first-order valence-corrected chi connectivity index (χ1v) is 5.70. The van der Waals surface area contributed by atoms with E-state index in [9.17, 15) is 4.39 Å². The Hall–Kier alpha value is -1.75. The minimum Gasteiger partial charge on any atom is -0.418 e. The van der Waals surface area contributed by atoms with Crippen LogP contribution in [-0.2, 0) is 0 Å². The number of hydrogen-bond acceptors (Lipinski definition) is 3. The van der Waals surface area contributed by atoms with Crippen molar-refractivity contribution in [3.63, 3.8) is 0 Å². The Kier molecular flexibility index (Phi) is 2.40. The predicted octanol–water partition coefficient (Wildman–Crippen LogP) is 3.79. The molecule has 3 rings (SSSR count). The third kappa shape index (κ3) is 1.93. The lowest BCUT2D eigenvalue weighted by atomic mass is 10.2. The summed E-state index contributed by atoms with van der Waals surface area (Å²) in [4.78, 5) is 8.02. The van der Waals surface area contributed by atoms with Crippen molar-refractivity contribution in [2.24, 2.45) is 0 Å². The molecule has 0 saturated heterocycles. The second-order valence-corrected chi connectivity index (χ2v) is 4.42. The van der Waals surface area contributed by atoms with E-state index in [-0.39, 0.29) is 0 Å². The molecule has 3 nitrogen and oxygen atoms in total. The van der Waals surface area contributed by atoms with Gasteiger partial charge in [0.1, 0.15) is 11.3 Å². The van der Waals surface area contributed by atoms with E-state index in [0.29, 0.717) is 17.1 Å². The van der Waals surface area contributed by atoms with Crippen LogP contribution in [0.5, 0.6) is 0 Å². The third-order valence-electron chi connectivity index (χ3n) is 2.31. The van der Waals surface area contributed by atoms with Crippen molar-refractivity contribution in [3.8, 4) is 11.5 Å². The Labute approximate surface area is 104 Å². The van der Waals surface area contributed by atoms with Gasteiger partial charge in [0, 0.05) is 16.1 Å². The van der Waals surface area contributed by atoms with E-state index in [1.807, 2.05) is 24.3 Å². The van der Waals surface area contributed by atoms with Gasteiger partial charge in [0.25, 0.3) is 0 Å². The molecule has 0 spiro atoms. The number of benzene rings is 1. The zero-order valence-electron chi connectivity index (χ0n) is 8.52. The summed E-state index contributed by atoms with van der Waals surface area (Å²) in [6.07, 6.45) is 1.11. The summed E-state index contributed by atoms with van der Waals surface area (Å²) in [5.41, 5.74) is 1.58. The average molecular weight is 293 g/mol. The fourth-order valence-electron chi connectivity index (χ4n) is 1.51. The van der Waals surface area contributed by atoms with Gasteiger partial charge in [0.2, 0.25) is 11.6 Å². The second-order valence-electron chi connectivity index (χ2n) is 3.50. The zero-order valence-corrected chi connectivity index (χ0v) is 10.1. The van der Waals surface area contributed by atoms with Crippen molar-refractivity contribution in [1.29, 1.82) is 0 Å². The minimum absolute atomic E-state index is 0.337. The van der Waals surface area contributed by atoms with E-state index < -0.39 is 5.82 Å². The molecule has 0 bridgehead atoms. The van der Waals surface area contributed by atoms with Gasteiger partial charge in [-0.15, -0.1) is 0 Å². The smallest absolute Gasteiger partial charge is 0.247 e. The normalized spacial score (nSPS) is 10.9. The third-order valence-corrected chi connectivity index (χ3v) is 2.83. The molecule has 0 amide bonds. The van der Waals surface area contributed by atoms with Crippen molar-refractivity contribution in [1.82, 2.24) is 9.97 Å². The van der Waals surface area contributed by atoms with E-state index >= 15 is 0 Å². The number of fused-ring (bicyclic) bond motifs is 1. The molecular formula is C12H6BrFN2O. The van der Waals surface area contributed by atoms with Crippen LogP contribution in [0.1, 0.15) is 0 Å². The van der Waals surface area contributed by atoms with Crippen LogP contribution in [0.3, 0.4) is 0 Å². The summed E-state index contributed by atoms with van der Waals surface area (Å²) in [5, 5.41) is 0. The highest BCUT2D eigenvalue weighted by atomic mass is 79.9. The predicted molar refractivity (Wildman–Crippen MR) is 64.9 cm³/mol. The van der Waals surface area contributed by atoms with Gasteiger partial charge >= 0.3 is 0 Å². The number of halogens is 2. The average Bonchev–Trinajstić information content (AvgIpc) is 2.72. The highest BCUT2D eigenvalue weighted by Crippen LogP contribution is 2.24. The van der Waals surface area contributed by atoms with Crippen molar-refractivity contribution in [2.45, 2.75) is 0 Å². The molecule has 0 atom stereocenters. The van der Waals surface area contributed by atoms with Gasteiger partial charge in [-0.1, -0.05) is 15.9 Å². The van der Waals surface area contributed by atoms with Crippen molar-refractivity contribution >= 4 is 27.2 Å². The summed E-state index contributed by atoms with van der Waals surface area (Å²) in [5.74, 6) is 0.0127. The molecule has 0 fully saturated rings. The maximum absolute atomic E-state index is 13.0. The van der Waals surface area contributed by atoms with Gasteiger partial charge in [-0.25, -0.2) is 14.4 Å². The van der Waals surface area contributed by atoms with E-state index in [1.165, 1.54) is 6.07 Å². The number of hydrogen-bond donors (Lipinski definition) is 0. The van der Waals surface area contributed by atoms with Crippen molar-refractivity contribution in [2.75, 3.05) is 0 Å². The molecule has 0 aliphatic heterocycles. The Morgan fingerprint density at radius 3 is 2.71 bits per heavy atom. The molecule has 0 N–H and O–H groups in total. The fourth-order valence-corrected chi connectivity index (χ4v) is 1.78. The van der Waals surface area contributed by atoms with Crippen molar-refractivity contribution < 1.29 is 8.81 Å². The lowest BCUT2D eigenvalue weighted by molar-refractivity contribution is 0.597. The van der Waals surface area contributed by atoms with Crippen LogP contribution in [0, 0.1) is 5.82 Å². The minimum atomic E-state index is -0.423. The first-order valence-electron chi connectivity index (χ1n) is 4.90. The topological polar surface area (TPSA) is 38.9 Å². The molecule has 1 aromatic carbocycles. The first kappa shape index (κ1) is 10.4. The molecule has 2 aromatic heterocycles. The van der Waals surface area contributed by atoms with E-state index in [2.05, 4.69) is 25.9 Å². The molecule has 0 radical (unpaired) electrons. The molecular weight excluding hydrogens is 287 g/mol. The van der Waals surface area contributed by atoms with Crippen LogP contribution in [-0.4, -0.2) is 9.97 Å². The largest absolute Gasteiger partial charge is 0.418 e. The molecule has 5 heteroatoms. The Bertz CT molecular complexity index is 679. The number of rotatable bonds is 1. The van der Waals surface area contributed by atoms with Crippen LogP contribution < -0.4 is 0 Å². The quantitative estimate of drug-likeness (QED) is 0.685. The highest BCUT2D eigenvalue weighted by Gasteiger charge is 2.09. The molecule has 2 heterocycles. The summed E-state index contributed by atoms with van der Waals surface area (Å²) in [6.45, 7) is 0. The summed E-state index contributed by atoms with van der Waals surface area (Å²) in [7, 11) is 0. The first-order chi connectivity index (χ1) is 8.22. The maximum Gasteiger partial charge on any atom is 0.247 e. The van der Waals surface area contributed by atoms with Crippen LogP contribution >= 0.6 is 15.9 Å². The molecule has 0 saturated carbocycles. The van der Waals surface area contributed by atoms with E-state index in [4.69, 9.17) is 4.42 Å². The number of nitrogens with zero attached hydrogens (tertiary/aromatic N) is 2. The molecule has 0 aliphatic carbocycles. The monoisotopic (exact) mass is 292 g/mol. The zero-order chi connectivity index (χ0) is 11.8. The molecule has 84 valence electrons. The van der Waals surface area contributed by atoms with Gasteiger partial charge in [-0.3, -0.25) is 0 Å². The van der Waals surface area contributed by atoms with Crippen LogP contribution in [0.2, 0.25) is 0 Å². The second kappa shape index (κ2) is 3.92. The van der Waals surface area contributed by atoms with E-state index in [0.717, 1.165) is 16.2 Å². The summed E-state index contributed by atoms with van der Waals surface area (Å²) < 4.78 is 19.4. The Morgan fingerprint density at radius 2 is 1.94 bits per heavy atom. The van der Waals surface area contributed by atoms with Gasteiger partial charge in [-0.05, 0) is 24.3 Å². The summed E-state index contributed by atoms with van der Waals surface area (Å²) in [6, 6.07) is 8.81. The van der Waals surface area contributed by atoms with Crippen molar-refractivity contribution in [3.05, 3.63) is 46.8 Å². The molecule has 0 unspecified atom stereocenters. The SMILES string of the molecule is Fc1cnc2oc(-c3ccc(Br)cc3)nc2c1. The molecule has 3 aromatic rings. The highest BCUT2D eigenvalue weighted by molar-refractivity contribution is 9.10. The molecule has 17 heavy (non-hydrogen) atoms. The van der Waals surface area contributed by atoms with E-state index in [1.54, 1.807) is 0 Å². The lowest BCUT2D eigenvalue weighted by Gasteiger charge is -1.93.